The van der Waals surface area contributed by atoms with Gasteiger partial charge in [-0.3, -0.25) is 14.5 Å². The first kappa shape index (κ1) is 10.8. The number of hydrogen-bond donors (Lipinski definition) is 0. The molecule has 0 aliphatic carbocycles. The second kappa shape index (κ2) is 3.84. The summed E-state index contributed by atoms with van der Waals surface area (Å²) in [4.78, 5) is 25.5. The lowest BCUT2D eigenvalue weighted by Crippen LogP contribution is -2.28. The summed E-state index contributed by atoms with van der Waals surface area (Å²) in [5.41, 5.74) is 1.92. The molecule has 2 heterocycles. The van der Waals surface area contributed by atoms with Crippen LogP contribution in [0.15, 0.2) is 41.0 Å². The highest BCUT2D eigenvalue weighted by Crippen LogP contribution is 2.25. The van der Waals surface area contributed by atoms with Crippen LogP contribution < -0.4 is 0 Å². The summed E-state index contributed by atoms with van der Waals surface area (Å²) in [6.45, 7) is 2.08. The van der Waals surface area contributed by atoms with Gasteiger partial charge in [-0.05, 0) is 31.2 Å². The SMILES string of the molecule is Cc1ccc2c(c1)C(=O)N(Cc1ccco1)C2=O. The van der Waals surface area contributed by atoms with E-state index >= 15 is 0 Å². The van der Waals surface area contributed by atoms with E-state index in [0.29, 0.717) is 16.9 Å². The lowest BCUT2D eigenvalue weighted by atomic mass is 10.1. The predicted octanol–water partition coefficient (Wildman–Crippen LogP) is 2.38. The molecule has 4 heteroatoms. The molecule has 0 atom stereocenters. The summed E-state index contributed by atoms with van der Waals surface area (Å²) in [5.74, 6) is 0.0859. The standard InChI is InChI=1S/C14H11NO3/c1-9-4-5-11-12(7-9)14(17)15(13(11)16)8-10-3-2-6-18-10/h2-7H,8H2,1H3. The number of imide groups is 1. The summed E-state index contributed by atoms with van der Waals surface area (Å²) in [7, 11) is 0. The van der Waals surface area contributed by atoms with Crippen LogP contribution in [-0.4, -0.2) is 16.7 Å². The minimum Gasteiger partial charge on any atom is -0.467 e. The van der Waals surface area contributed by atoms with Crippen molar-refractivity contribution in [1.82, 2.24) is 4.90 Å². The molecule has 0 spiro atoms. The molecule has 1 aromatic carbocycles. The second-order valence-corrected chi connectivity index (χ2v) is 4.32. The molecule has 18 heavy (non-hydrogen) atoms. The van der Waals surface area contributed by atoms with Gasteiger partial charge in [0, 0.05) is 0 Å². The normalized spacial score (nSPS) is 14.2. The van der Waals surface area contributed by atoms with Crippen LogP contribution >= 0.6 is 0 Å². The fraction of sp³-hybridized carbons (Fsp3) is 0.143. The molecule has 2 aromatic rings. The minimum atomic E-state index is -0.258. The van der Waals surface area contributed by atoms with E-state index in [4.69, 9.17) is 4.42 Å². The molecule has 0 N–H and O–H groups in total. The van der Waals surface area contributed by atoms with Gasteiger partial charge in [0.15, 0.2) is 0 Å². The van der Waals surface area contributed by atoms with E-state index in [1.165, 1.54) is 11.2 Å². The molecule has 0 radical (unpaired) electrons. The summed E-state index contributed by atoms with van der Waals surface area (Å²) >= 11 is 0. The van der Waals surface area contributed by atoms with Crippen LogP contribution in [0.3, 0.4) is 0 Å². The van der Waals surface area contributed by atoms with Gasteiger partial charge in [-0.1, -0.05) is 11.6 Å². The Bertz CT molecular complexity index is 628. The van der Waals surface area contributed by atoms with Gasteiger partial charge in [0.25, 0.3) is 11.8 Å². The number of amides is 2. The zero-order valence-corrected chi connectivity index (χ0v) is 9.84. The van der Waals surface area contributed by atoms with Crippen molar-refractivity contribution < 1.29 is 14.0 Å². The maximum atomic E-state index is 12.1. The second-order valence-electron chi connectivity index (χ2n) is 4.32. The molecule has 90 valence electrons. The van der Waals surface area contributed by atoms with Crippen LogP contribution in [0.2, 0.25) is 0 Å². The van der Waals surface area contributed by atoms with Crippen LogP contribution in [0.1, 0.15) is 32.0 Å². The van der Waals surface area contributed by atoms with Crippen molar-refractivity contribution in [1.29, 1.82) is 0 Å². The molecule has 1 aliphatic rings. The van der Waals surface area contributed by atoms with Gasteiger partial charge in [0.05, 0.1) is 23.9 Å². The van der Waals surface area contributed by atoms with Crippen LogP contribution in [0.5, 0.6) is 0 Å². The van der Waals surface area contributed by atoms with E-state index in [9.17, 15) is 9.59 Å². The number of furan rings is 1. The molecule has 3 rings (SSSR count). The zero-order valence-electron chi connectivity index (χ0n) is 9.84. The van der Waals surface area contributed by atoms with Gasteiger partial charge in [-0.25, -0.2) is 0 Å². The molecule has 0 saturated heterocycles. The van der Waals surface area contributed by atoms with Crippen molar-refractivity contribution in [3.8, 4) is 0 Å². The molecule has 0 saturated carbocycles. The summed E-state index contributed by atoms with van der Waals surface area (Å²) in [6.07, 6.45) is 1.53. The van der Waals surface area contributed by atoms with Crippen LogP contribution in [0.4, 0.5) is 0 Å². The molecular weight excluding hydrogens is 230 g/mol. The third kappa shape index (κ3) is 1.54. The summed E-state index contributed by atoms with van der Waals surface area (Å²) in [6, 6.07) is 8.76. The van der Waals surface area contributed by atoms with Gasteiger partial charge in [0.1, 0.15) is 5.76 Å². The van der Waals surface area contributed by atoms with Crippen molar-refractivity contribution in [2.24, 2.45) is 0 Å². The Morgan fingerprint density at radius 1 is 1.11 bits per heavy atom. The zero-order chi connectivity index (χ0) is 12.7. The fourth-order valence-electron chi connectivity index (χ4n) is 2.11. The minimum absolute atomic E-state index is 0.179. The number of benzene rings is 1. The fourth-order valence-corrected chi connectivity index (χ4v) is 2.11. The van der Waals surface area contributed by atoms with Crippen LogP contribution in [-0.2, 0) is 6.54 Å². The third-order valence-corrected chi connectivity index (χ3v) is 3.02. The quantitative estimate of drug-likeness (QED) is 0.758. The van der Waals surface area contributed by atoms with Gasteiger partial charge in [0.2, 0.25) is 0 Å². The third-order valence-electron chi connectivity index (χ3n) is 3.02. The maximum Gasteiger partial charge on any atom is 0.261 e. The molecule has 1 aliphatic heterocycles. The first-order valence-corrected chi connectivity index (χ1v) is 5.66. The molecule has 0 bridgehead atoms. The number of aryl methyl sites for hydroxylation is 1. The monoisotopic (exact) mass is 241 g/mol. The Morgan fingerprint density at radius 2 is 1.89 bits per heavy atom. The van der Waals surface area contributed by atoms with Crippen LogP contribution in [0.25, 0.3) is 0 Å². The Kier molecular flexibility index (Phi) is 2.30. The molecule has 2 amide bonds. The maximum absolute atomic E-state index is 12.1. The van der Waals surface area contributed by atoms with Crippen molar-refractivity contribution >= 4 is 11.8 Å². The largest absolute Gasteiger partial charge is 0.467 e. The summed E-state index contributed by atoms with van der Waals surface area (Å²) < 4.78 is 5.17. The molecular formula is C14H11NO3. The molecule has 0 unspecified atom stereocenters. The van der Waals surface area contributed by atoms with E-state index in [-0.39, 0.29) is 18.4 Å². The van der Waals surface area contributed by atoms with Crippen molar-refractivity contribution in [2.45, 2.75) is 13.5 Å². The highest BCUT2D eigenvalue weighted by atomic mass is 16.3. The van der Waals surface area contributed by atoms with Gasteiger partial charge < -0.3 is 4.42 Å². The number of carbonyl (C=O) groups excluding carboxylic acids is 2. The number of hydrogen-bond acceptors (Lipinski definition) is 3. The molecule has 1 aromatic heterocycles. The van der Waals surface area contributed by atoms with E-state index < -0.39 is 0 Å². The Morgan fingerprint density at radius 3 is 2.61 bits per heavy atom. The van der Waals surface area contributed by atoms with E-state index in [2.05, 4.69) is 0 Å². The number of carbonyl (C=O) groups is 2. The topological polar surface area (TPSA) is 50.5 Å². The molecule has 4 nitrogen and oxygen atoms in total. The lowest BCUT2D eigenvalue weighted by Gasteiger charge is -2.11. The number of rotatable bonds is 2. The van der Waals surface area contributed by atoms with Gasteiger partial charge in [-0.15, -0.1) is 0 Å². The Balaban J connectivity index is 1.97. The van der Waals surface area contributed by atoms with E-state index in [0.717, 1.165) is 5.56 Å². The number of fused-ring (bicyclic) bond motifs is 1. The Hall–Kier alpha value is -2.36. The Labute approximate surface area is 104 Å². The summed E-state index contributed by atoms with van der Waals surface area (Å²) in [5, 5.41) is 0. The van der Waals surface area contributed by atoms with Crippen molar-refractivity contribution in [2.75, 3.05) is 0 Å². The van der Waals surface area contributed by atoms with Gasteiger partial charge >= 0.3 is 0 Å². The van der Waals surface area contributed by atoms with E-state index in [1.54, 1.807) is 24.3 Å². The highest BCUT2D eigenvalue weighted by Gasteiger charge is 2.35. The van der Waals surface area contributed by atoms with Crippen LogP contribution in [0, 0.1) is 6.92 Å². The average Bonchev–Trinajstić information content (AvgIpc) is 2.93. The molecule has 0 fully saturated rings. The predicted molar refractivity (Wildman–Crippen MR) is 64.1 cm³/mol. The first-order valence-electron chi connectivity index (χ1n) is 5.66. The lowest BCUT2D eigenvalue weighted by molar-refractivity contribution is 0.0631. The smallest absolute Gasteiger partial charge is 0.261 e. The highest BCUT2D eigenvalue weighted by molar-refractivity contribution is 6.21. The first-order chi connectivity index (χ1) is 8.66. The van der Waals surface area contributed by atoms with E-state index in [1.807, 2.05) is 13.0 Å². The van der Waals surface area contributed by atoms with Gasteiger partial charge in [-0.2, -0.15) is 0 Å². The van der Waals surface area contributed by atoms with Crippen molar-refractivity contribution in [3.05, 3.63) is 59.0 Å². The van der Waals surface area contributed by atoms with Crippen molar-refractivity contribution in [3.63, 3.8) is 0 Å². The number of nitrogens with zero attached hydrogens (tertiary/aromatic N) is 1. The average molecular weight is 241 g/mol.